The van der Waals surface area contributed by atoms with Crippen molar-refractivity contribution >= 4 is 103 Å². The summed E-state index contributed by atoms with van der Waals surface area (Å²) in [6.07, 6.45) is 3.33. The maximum absolute atomic E-state index is 14.9. The van der Waals surface area contributed by atoms with Crippen LogP contribution in [-0.2, 0) is 59.9 Å². The number of benzene rings is 5. The van der Waals surface area contributed by atoms with Crippen molar-refractivity contribution < 1.29 is 51.9 Å². The van der Waals surface area contributed by atoms with E-state index in [9.17, 15) is 33.6 Å². The summed E-state index contributed by atoms with van der Waals surface area (Å²) in [5.74, 6) is -2.73. The van der Waals surface area contributed by atoms with E-state index in [4.69, 9.17) is 18.3 Å². The van der Waals surface area contributed by atoms with E-state index in [1.807, 2.05) is 123 Å². The number of Topliss-reactive ketones (excluding diaryl/α,β-unsaturated/α-hetero) is 1. The fourth-order valence-electron chi connectivity index (χ4n) is 12.5. The van der Waals surface area contributed by atoms with Gasteiger partial charge in [-0.3, -0.25) is 24.0 Å². The Kier molecular flexibility index (Phi) is 17.9. The third-order valence-electron chi connectivity index (χ3n) is 16.0. The summed E-state index contributed by atoms with van der Waals surface area (Å²) >= 11 is 0. The minimum Gasteiger partial charge on any atom is -0.457 e. The summed E-state index contributed by atoms with van der Waals surface area (Å²) in [7, 11) is -0.472. The lowest BCUT2D eigenvalue weighted by Crippen LogP contribution is -2.69. The molecule has 0 saturated carbocycles. The molecule has 0 bridgehead atoms. The third kappa shape index (κ3) is 11.8. The number of anilines is 2. The van der Waals surface area contributed by atoms with Gasteiger partial charge < -0.3 is 37.9 Å². The fraction of sp³-hybridized carbons (Fsp3) is 0.333. The Hall–Kier alpha value is -7.54. The van der Waals surface area contributed by atoms with Crippen molar-refractivity contribution in [1.29, 1.82) is 0 Å². The first-order chi connectivity index (χ1) is 39.9. The summed E-state index contributed by atoms with van der Waals surface area (Å²) in [5, 5.41) is 2.58. The van der Waals surface area contributed by atoms with Crippen LogP contribution in [-0.4, -0.2) is 125 Å². The van der Waals surface area contributed by atoms with Gasteiger partial charge >= 0.3 is 11.9 Å². The predicted molar refractivity (Wildman–Crippen MR) is 336 cm³/mol. The molecule has 15 nitrogen and oxygen atoms in total. The first-order valence-corrected chi connectivity index (χ1v) is 37.1. The minimum atomic E-state index is -3.17. The summed E-state index contributed by atoms with van der Waals surface area (Å²) in [5.41, 5.74) is 5.95. The first-order valence-electron chi connectivity index (χ1n) is 28.5. The SMILES string of the molecule is C=CCOC(=O)C(N1C(=O)[C@H]([C@@H](C)O[Si](C)(C)C)[C@H]1CC(=O)c1ccc2c(c1)CC(=O)N2C)=P(c1ccccc1)(c1ccccc1)c1ccccc1.C=CCOC(=O)C1=C(c2ccc3c(c2)CC(=O)N3C)C[C@@H]2[C@@H]([C@@H](C)O[Si](C)(C)C)C(=O)N12. The Labute approximate surface area is 495 Å². The van der Waals surface area contributed by atoms with E-state index in [-0.39, 0.29) is 78.9 Å². The fourth-order valence-corrected chi connectivity index (χ4v) is 19.4. The van der Waals surface area contributed by atoms with E-state index in [2.05, 4.69) is 52.4 Å². The van der Waals surface area contributed by atoms with Crippen LogP contribution in [0, 0.1) is 11.8 Å². The molecule has 2 fully saturated rings. The highest BCUT2D eigenvalue weighted by atomic mass is 31.2. The second kappa shape index (κ2) is 24.6. The Morgan fingerprint density at radius 2 is 1.11 bits per heavy atom. The monoisotopic (exact) mass is 1190 g/mol. The molecule has 6 atom stereocenters. The molecule has 0 aliphatic carbocycles. The maximum Gasteiger partial charge on any atom is 0.356 e. The molecular formula is C66H75N4O11PSi2. The number of amides is 4. The van der Waals surface area contributed by atoms with Crippen molar-refractivity contribution in [2.24, 2.45) is 11.8 Å². The molecule has 2 saturated heterocycles. The quantitative estimate of drug-likeness (QED) is 0.0182. The zero-order valence-electron chi connectivity index (χ0n) is 49.6. The predicted octanol–water partition coefficient (Wildman–Crippen LogP) is 8.82. The minimum absolute atomic E-state index is 0.0342. The molecule has 438 valence electrons. The number of likely N-dealkylation sites (tertiary alicyclic amines) is 1. The Bertz CT molecular complexity index is 3440. The standard InChI is InChI=1S/C42H45N2O6PSi.C24H30N2O5Si/c1-7-25-49-42(48)41(51(32-17-11-8-12-18-32,33-19-13-9-14-20-33)34-21-15-10-16-22-34)44-36(39(40(44)47)29(2)50-52(4,5)6)28-37(45)30-23-24-35-31(26-30)27-38(46)43(35)3;1-7-10-30-24(29)22-17(15-8-9-18-16(11-15)12-20(27)25(18)3)13-19-21(23(28)26(19)22)14(2)31-32(4,5)6/h7-24,26,29,36,39H,1,25,27-28H2,2-6H3;7-9,11,14,19,21H,1,10,12-13H2,2-6H3/t29-,36-,39-;14-,19-,21-/m11/s1. The van der Waals surface area contributed by atoms with Crippen molar-refractivity contribution in [2.45, 2.75) is 103 Å². The second-order valence-corrected chi connectivity index (χ2v) is 36.1. The van der Waals surface area contributed by atoms with Gasteiger partial charge in [-0.2, -0.15) is 0 Å². The number of β-lactam (4-membered cyclic amide) rings is 2. The number of esters is 2. The van der Waals surface area contributed by atoms with Gasteiger partial charge in [-0.25, -0.2) is 9.59 Å². The Morgan fingerprint density at radius 3 is 1.61 bits per heavy atom. The molecule has 5 heterocycles. The van der Waals surface area contributed by atoms with Crippen molar-refractivity contribution in [3.63, 3.8) is 0 Å². The molecule has 0 N–H and O–H groups in total. The van der Waals surface area contributed by atoms with Gasteiger partial charge in [0.05, 0.1) is 49.0 Å². The van der Waals surface area contributed by atoms with Gasteiger partial charge in [0.25, 0.3) is 0 Å². The number of carbonyl (C=O) groups excluding carboxylic acids is 7. The number of rotatable bonds is 20. The van der Waals surface area contributed by atoms with Crippen LogP contribution >= 0.6 is 6.89 Å². The van der Waals surface area contributed by atoms with Crippen LogP contribution in [0.15, 0.2) is 158 Å². The molecule has 4 amide bonds. The van der Waals surface area contributed by atoms with E-state index in [0.717, 1.165) is 49.6 Å². The number of nitrogens with zero attached hydrogens (tertiary/aromatic N) is 4. The lowest BCUT2D eigenvalue weighted by atomic mass is 9.79. The Balaban J connectivity index is 0.000000226. The van der Waals surface area contributed by atoms with Crippen molar-refractivity contribution in [1.82, 2.24) is 9.80 Å². The number of hydrogen-bond donors (Lipinski definition) is 0. The van der Waals surface area contributed by atoms with Gasteiger partial charge in [0.2, 0.25) is 23.6 Å². The zero-order valence-corrected chi connectivity index (χ0v) is 52.5. The first kappa shape index (κ1) is 61.0. The van der Waals surface area contributed by atoms with Gasteiger partial charge in [-0.15, -0.1) is 0 Å². The molecule has 5 aliphatic rings. The van der Waals surface area contributed by atoms with Crippen LogP contribution in [0.2, 0.25) is 39.3 Å². The van der Waals surface area contributed by atoms with Crippen molar-refractivity contribution in [3.05, 3.63) is 181 Å². The average molecular weight is 1190 g/mol. The molecule has 5 aliphatic heterocycles. The molecule has 0 spiro atoms. The lowest BCUT2D eigenvalue weighted by Gasteiger charge is -2.52. The van der Waals surface area contributed by atoms with E-state index in [1.54, 1.807) is 51.9 Å². The van der Waals surface area contributed by atoms with Crippen LogP contribution in [0.4, 0.5) is 11.4 Å². The van der Waals surface area contributed by atoms with Crippen LogP contribution in [0.5, 0.6) is 0 Å². The molecule has 0 unspecified atom stereocenters. The van der Waals surface area contributed by atoms with E-state index < -0.39 is 53.5 Å². The number of carbonyl (C=O) groups is 7. The van der Waals surface area contributed by atoms with Gasteiger partial charge in [0.15, 0.2) is 22.4 Å². The number of hydrogen-bond acceptors (Lipinski definition) is 11. The summed E-state index contributed by atoms with van der Waals surface area (Å²) in [6, 6.07) is 39.6. The van der Waals surface area contributed by atoms with Crippen molar-refractivity contribution in [2.75, 3.05) is 37.1 Å². The average Bonchev–Trinajstić information content (AvgIpc) is 0.893. The zero-order chi connectivity index (χ0) is 60.6. The molecule has 10 rings (SSSR count). The number of ether oxygens (including phenoxy) is 2. The summed E-state index contributed by atoms with van der Waals surface area (Å²) in [4.78, 5) is 101. The second-order valence-electron chi connectivity index (χ2n) is 23.9. The molecule has 18 heteroatoms. The molecular weight excluding hydrogens is 1110 g/mol. The third-order valence-corrected chi connectivity index (χ3v) is 22.4. The van der Waals surface area contributed by atoms with Crippen LogP contribution < -0.4 is 25.7 Å². The molecule has 0 radical (unpaired) electrons. The molecule has 5 aromatic rings. The molecule has 5 aromatic carbocycles. The van der Waals surface area contributed by atoms with Gasteiger partial charge in [0, 0.05) is 44.3 Å². The molecule has 0 aromatic heterocycles. The number of fused-ring (bicyclic) bond motifs is 3. The van der Waals surface area contributed by atoms with Gasteiger partial charge in [-0.05, 0) is 128 Å². The van der Waals surface area contributed by atoms with Crippen LogP contribution in [0.3, 0.4) is 0 Å². The van der Waals surface area contributed by atoms with E-state index in [0.29, 0.717) is 24.1 Å². The van der Waals surface area contributed by atoms with Gasteiger partial charge in [0.1, 0.15) is 24.3 Å². The topological polar surface area (TPSA) is 169 Å². The lowest BCUT2D eigenvalue weighted by molar-refractivity contribution is -0.161. The molecule has 84 heavy (non-hydrogen) atoms. The normalized spacial score (nSPS) is 19.7. The highest BCUT2D eigenvalue weighted by Gasteiger charge is 2.59. The number of ketones is 1. The van der Waals surface area contributed by atoms with Crippen LogP contribution in [0.1, 0.15) is 53.7 Å². The number of likely N-dealkylation sites (N-methyl/N-ethyl adjacent to an activating group) is 2. The summed E-state index contributed by atoms with van der Waals surface area (Å²) < 4.78 is 24.0. The smallest absolute Gasteiger partial charge is 0.356 e. The highest BCUT2D eigenvalue weighted by molar-refractivity contribution is 7.96. The maximum atomic E-state index is 14.9. The summed E-state index contributed by atoms with van der Waals surface area (Å²) in [6.45, 7) is 20.5. The highest BCUT2D eigenvalue weighted by Crippen LogP contribution is 2.52. The van der Waals surface area contributed by atoms with E-state index >= 15 is 0 Å². The van der Waals surface area contributed by atoms with E-state index in [1.165, 1.54) is 12.2 Å². The van der Waals surface area contributed by atoms with Crippen molar-refractivity contribution in [3.8, 4) is 0 Å². The Morgan fingerprint density at radius 1 is 0.631 bits per heavy atom. The van der Waals surface area contributed by atoms with Crippen LogP contribution in [0.25, 0.3) is 5.57 Å². The largest absolute Gasteiger partial charge is 0.457 e. The van der Waals surface area contributed by atoms with Gasteiger partial charge in [-0.1, -0.05) is 122 Å².